The van der Waals surface area contributed by atoms with Gasteiger partial charge in [0.05, 0.1) is 5.69 Å². The quantitative estimate of drug-likeness (QED) is 0.505. The van der Waals surface area contributed by atoms with E-state index in [0.29, 0.717) is 0 Å². The average molecular weight is 144 g/mol. The van der Waals surface area contributed by atoms with Crippen LogP contribution in [0.25, 0.3) is 0 Å². The van der Waals surface area contributed by atoms with Crippen LogP contribution >= 0.6 is 11.6 Å². The van der Waals surface area contributed by atoms with E-state index >= 15 is 0 Å². The molecule has 1 rings (SSSR count). The second-order valence-electron chi connectivity index (χ2n) is 1.40. The van der Waals surface area contributed by atoms with E-state index < -0.39 is 0 Å². The first-order chi connectivity index (χ1) is 4.20. The lowest BCUT2D eigenvalue weighted by molar-refractivity contribution is 1.18. The molecule has 4 nitrogen and oxygen atoms in total. The molecule has 0 saturated heterocycles. The lowest BCUT2D eigenvalue weighted by Gasteiger charge is -1.93. The number of rotatable bonds is 0. The smallest absolute Gasteiger partial charge is 0.222 e. The first kappa shape index (κ1) is 6.10. The van der Waals surface area contributed by atoms with Gasteiger partial charge in [0, 0.05) is 0 Å². The summed E-state index contributed by atoms with van der Waals surface area (Å²) in [6.07, 6.45) is 2.38. The molecule has 9 heavy (non-hydrogen) atoms. The van der Waals surface area contributed by atoms with Crippen molar-refractivity contribution in [3.63, 3.8) is 0 Å². The third-order valence-corrected chi connectivity index (χ3v) is 1.01. The summed E-state index contributed by atoms with van der Waals surface area (Å²) in [6, 6.07) is 0. The Balaban J connectivity index is 3.17. The molecule has 0 saturated carbocycles. The van der Waals surface area contributed by atoms with Gasteiger partial charge in [0.15, 0.2) is 5.15 Å². The summed E-state index contributed by atoms with van der Waals surface area (Å²) in [5.74, 6) is 0.0780. The Morgan fingerprint density at radius 3 is 2.56 bits per heavy atom. The average Bonchev–Trinajstić information content (AvgIpc) is 1.80. The minimum absolute atomic E-state index is 0.0780. The van der Waals surface area contributed by atoms with E-state index in [9.17, 15) is 0 Å². The minimum atomic E-state index is 0.0780. The van der Waals surface area contributed by atoms with Crippen LogP contribution in [-0.2, 0) is 0 Å². The number of anilines is 2. The third kappa shape index (κ3) is 1.20. The first-order valence-corrected chi connectivity index (χ1v) is 2.54. The number of nitrogens with two attached hydrogens (primary N) is 2. The third-order valence-electron chi connectivity index (χ3n) is 0.726. The molecule has 47 valence electrons. The van der Waals surface area contributed by atoms with Crippen LogP contribution in [0.4, 0.5) is 11.6 Å². The van der Waals surface area contributed by atoms with Gasteiger partial charge in [0.25, 0.3) is 0 Å². The SMILES string of the molecule is Nc1n[c]c(N)c(Cl)n1. The van der Waals surface area contributed by atoms with Gasteiger partial charge in [-0.15, -0.1) is 0 Å². The number of nitrogen functional groups attached to an aromatic ring is 2. The van der Waals surface area contributed by atoms with Crippen molar-refractivity contribution >= 4 is 23.2 Å². The van der Waals surface area contributed by atoms with Gasteiger partial charge in [-0.25, -0.2) is 4.98 Å². The fourth-order valence-corrected chi connectivity index (χ4v) is 0.478. The minimum Gasteiger partial charge on any atom is -0.394 e. The van der Waals surface area contributed by atoms with E-state index in [1.807, 2.05) is 0 Å². The summed E-state index contributed by atoms with van der Waals surface area (Å²) in [5, 5.41) is 0.141. The summed E-state index contributed by atoms with van der Waals surface area (Å²) >= 11 is 5.43. The molecule has 0 bridgehead atoms. The zero-order chi connectivity index (χ0) is 6.85. The topological polar surface area (TPSA) is 77.8 Å². The van der Waals surface area contributed by atoms with E-state index in [2.05, 4.69) is 16.2 Å². The van der Waals surface area contributed by atoms with Crippen molar-refractivity contribution in [3.8, 4) is 0 Å². The summed E-state index contributed by atoms with van der Waals surface area (Å²) < 4.78 is 0. The monoisotopic (exact) mass is 143 g/mol. The maximum absolute atomic E-state index is 5.43. The maximum atomic E-state index is 5.43. The van der Waals surface area contributed by atoms with Crippen molar-refractivity contribution < 1.29 is 0 Å². The molecule has 0 aliphatic carbocycles. The molecule has 1 heterocycles. The van der Waals surface area contributed by atoms with Crippen molar-refractivity contribution in [1.29, 1.82) is 0 Å². The fraction of sp³-hybridized carbons (Fsp3) is 0. The molecule has 0 fully saturated rings. The van der Waals surface area contributed by atoms with Gasteiger partial charge in [0.2, 0.25) is 5.95 Å². The van der Waals surface area contributed by atoms with Gasteiger partial charge in [-0.05, 0) is 0 Å². The van der Waals surface area contributed by atoms with E-state index in [4.69, 9.17) is 23.1 Å². The molecule has 0 atom stereocenters. The van der Waals surface area contributed by atoms with Crippen molar-refractivity contribution in [2.75, 3.05) is 11.5 Å². The van der Waals surface area contributed by atoms with E-state index in [0.717, 1.165) is 0 Å². The highest BCUT2D eigenvalue weighted by molar-refractivity contribution is 6.31. The van der Waals surface area contributed by atoms with Crippen LogP contribution in [0.5, 0.6) is 0 Å². The van der Waals surface area contributed by atoms with Gasteiger partial charge < -0.3 is 11.5 Å². The van der Waals surface area contributed by atoms with E-state index in [-0.39, 0.29) is 16.8 Å². The van der Waals surface area contributed by atoms with Gasteiger partial charge in [0.1, 0.15) is 6.20 Å². The predicted molar refractivity (Wildman–Crippen MR) is 34.7 cm³/mol. The molecule has 0 unspecified atom stereocenters. The van der Waals surface area contributed by atoms with Gasteiger partial charge in [-0.1, -0.05) is 11.6 Å². The highest BCUT2D eigenvalue weighted by Gasteiger charge is 1.96. The highest BCUT2D eigenvalue weighted by Crippen LogP contribution is 2.12. The van der Waals surface area contributed by atoms with Gasteiger partial charge in [-0.2, -0.15) is 4.98 Å². The lowest BCUT2D eigenvalue weighted by Crippen LogP contribution is -1.97. The van der Waals surface area contributed by atoms with Crippen LogP contribution in [0, 0.1) is 6.20 Å². The highest BCUT2D eigenvalue weighted by atomic mass is 35.5. The van der Waals surface area contributed by atoms with Gasteiger partial charge >= 0.3 is 0 Å². The molecule has 0 amide bonds. The van der Waals surface area contributed by atoms with Crippen LogP contribution in [0.1, 0.15) is 0 Å². The molecule has 1 aromatic heterocycles. The Morgan fingerprint density at radius 1 is 1.44 bits per heavy atom. The largest absolute Gasteiger partial charge is 0.394 e. The molecule has 0 aliphatic rings. The maximum Gasteiger partial charge on any atom is 0.222 e. The Morgan fingerprint density at radius 2 is 2.11 bits per heavy atom. The van der Waals surface area contributed by atoms with Gasteiger partial charge in [-0.3, -0.25) is 0 Å². The second kappa shape index (κ2) is 2.06. The summed E-state index contributed by atoms with van der Waals surface area (Å²) in [7, 11) is 0. The molecule has 4 N–H and O–H groups in total. The summed E-state index contributed by atoms with van der Waals surface area (Å²) in [4.78, 5) is 7.02. The standard InChI is InChI=1S/C4H4ClN4/c5-3-2(6)1-8-4(7)9-3/h6H2,(H2,7,8,9). The Hall–Kier alpha value is -1.03. The molecule has 1 aromatic rings. The molecule has 0 aliphatic heterocycles. The molecule has 5 heteroatoms. The van der Waals surface area contributed by atoms with Crippen molar-refractivity contribution in [2.24, 2.45) is 0 Å². The molecular weight excluding hydrogens is 140 g/mol. The Kier molecular flexibility index (Phi) is 1.40. The number of hydrogen-bond acceptors (Lipinski definition) is 4. The normalized spacial score (nSPS) is 9.44. The Bertz CT molecular complexity index is 224. The molecule has 1 radical (unpaired) electrons. The molecule has 0 aromatic carbocycles. The van der Waals surface area contributed by atoms with E-state index in [1.165, 1.54) is 0 Å². The van der Waals surface area contributed by atoms with Crippen LogP contribution < -0.4 is 11.5 Å². The second-order valence-corrected chi connectivity index (χ2v) is 1.76. The van der Waals surface area contributed by atoms with Crippen LogP contribution in [-0.4, -0.2) is 9.97 Å². The first-order valence-electron chi connectivity index (χ1n) is 2.16. The zero-order valence-corrected chi connectivity index (χ0v) is 5.18. The van der Waals surface area contributed by atoms with Crippen molar-refractivity contribution in [1.82, 2.24) is 9.97 Å². The van der Waals surface area contributed by atoms with Crippen LogP contribution in [0.2, 0.25) is 5.15 Å². The fourth-order valence-electron chi connectivity index (χ4n) is 0.349. The summed E-state index contributed by atoms with van der Waals surface area (Å²) in [6.45, 7) is 0. The molecule has 0 spiro atoms. The number of nitrogens with zero attached hydrogens (tertiary/aromatic N) is 2. The van der Waals surface area contributed by atoms with Crippen LogP contribution in [0.3, 0.4) is 0 Å². The summed E-state index contributed by atoms with van der Waals surface area (Å²) in [5.41, 5.74) is 10.6. The zero-order valence-electron chi connectivity index (χ0n) is 4.43. The number of hydrogen-bond donors (Lipinski definition) is 2. The van der Waals surface area contributed by atoms with Crippen LogP contribution in [0.15, 0.2) is 0 Å². The number of halogens is 1. The van der Waals surface area contributed by atoms with Crippen molar-refractivity contribution in [2.45, 2.75) is 0 Å². The van der Waals surface area contributed by atoms with Crippen molar-refractivity contribution in [3.05, 3.63) is 11.3 Å². The van der Waals surface area contributed by atoms with E-state index in [1.54, 1.807) is 0 Å². The molecular formula is C4H4ClN4. The Labute approximate surface area is 56.9 Å². The predicted octanol–water partition coefficient (Wildman–Crippen LogP) is 0.0946. The number of aromatic nitrogens is 2. The lowest BCUT2D eigenvalue weighted by atomic mass is 10.6.